The third-order valence-electron chi connectivity index (χ3n) is 1.60. The predicted molar refractivity (Wildman–Crippen MR) is 39.8 cm³/mol. The summed E-state index contributed by atoms with van der Waals surface area (Å²) in [6, 6.07) is -0.346. The molecule has 0 aromatic heterocycles. The van der Waals surface area contributed by atoms with E-state index in [1.165, 1.54) is 12.2 Å². The van der Waals surface area contributed by atoms with Crippen molar-refractivity contribution in [1.82, 2.24) is 0 Å². The van der Waals surface area contributed by atoms with Crippen molar-refractivity contribution in [2.45, 2.75) is 32.4 Å². The zero-order valence-electron chi connectivity index (χ0n) is 6.79. The summed E-state index contributed by atoms with van der Waals surface area (Å²) in [5.74, 6) is 0. The van der Waals surface area contributed by atoms with Crippen molar-refractivity contribution in [2.24, 2.45) is 9.98 Å². The first-order valence-electron chi connectivity index (χ1n) is 3.20. The molecule has 1 atom stereocenters. The summed E-state index contributed by atoms with van der Waals surface area (Å²) in [7, 11) is 0. The van der Waals surface area contributed by atoms with Gasteiger partial charge in [0.05, 0.1) is 11.6 Å². The van der Waals surface area contributed by atoms with E-state index in [2.05, 4.69) is 9.98 Å². The number of rotatable bonds is 3. The van der Waals surface area contributed by atoms with Gasteiger partial charge < -0.3 is 0 Å². The van der Waals surface area contributed by atoms with Crippen molar-refractivity contribution in [3.63, 3.8) is 0 Å². The molecule has 11 heavy (non-hydrogen) atoms. The highest BCUT2D eigenvalue weighted by Crippen LogP contribution is 2.15. The van der Waals surface area contributed by atoms with Gasteiger partial charge in [-0.3, -0.25) is 0 Å². The van der Waals surface area contributed by atoms with Crippen LogP contribution >= 0.6 is 0 Å². The molecule has 0 N–H and O–H groups in total. The molecular formula is C7H10N2O2. The first-order chi connectivity index (χ1) is 5.04. The minimum atomic E-state index is -0.668. The largest absolute Gasteiger partial charge is 0.235 e. The lowest BCUT2D eigenvalue weighted by molar-refractivity contribution is 0.429. The van der Waals surface area contributed by atoms with E-state index in [0.717, 1.165) is 0 Å². The zero-order valence-corrected chi connectivity index (χ0v) is 6.79. The Morgan fingerprint density at radius 1 is 1.27 bits per heavy atom. The molecule has 0 saturated heterocycles. The monoisotopic (exact) mass is 154 g/mol. The molecule has 0 radical (unpaired) electrons. The maximum Gasteiger partial charge on any atom is 0.235 e. The van der Waals surface area contributed by atoms with Gasteiger partial charge in [0.25, 0.3) is 0 Å². The Morgan fingerprint density at radius 3 is 2.18 bits per heavy atom. The fraction of sp³-hybridized carbons (Fsp3) is 0.714. The maximum absolute atomic E-state index is 9.90. The standard InChI is InChI=1S/C7H10N2O2/c1-6(8-4-10)7(2,3)9-5-11/h6H,1-3H3. The van der Waals surface area contributed by atoms with Crippen LogP contribution in [0.15, 0.2) is 9.98 Å². The van der Waals surface area contributed by atoms with Crippen LogP contribution in [0.1, 0.15) is 20.8 Å². The van der Waals surface area contributed by atoms with Gasteiger partial charge in [-0.15, -0.1) is 0 Å². The van der Waals surface area contributed by atoms with E-state index in [0.29, 0.717) is 0 Å². The lowest BCUT2D eigenvalue weighted by Gasteiger charge is -2.20. The quantitative estimate of drug-likeness (QED) is 0.446. The molecule has 0 heterocycles. The SMILES string of the molecule is CC(N=C=O)C(C)(C)N=C=O. The molecule has 4 heteroatoms. The maximum atomic E-state index is 9.90. The van der Waals surface area contributed by atoms with Crippen molar-refractivity contribution in [3.8, 4) is 0 Å². The van der Waals surface area contributed by atoms with E-state index in [9.17, 15) is 9.59 Å². The van der Waals surface area contributed by atoms with Crippen LogP contribution in [0.2, 0.25) is 0 Å². The van der Waals surface area contributed by atoms with E-state index < -0.39 is 5.54 Å². The van der Waals surface area contributed by atoms with Gasteiger partial charge in [-0.25, -0.2) is 14.6 Å². The minimum absolute atomic E-state index is 0.346. The molecule has 1 unspecified atom stereocenters. The summed E-state index contributed by atoms with van der Waals surface area (Å²) in [5, 5.41) is 0. The van der Waals surface area contributed by atoms with Crippen LogP contribution in [0, 0.1) is 0 Å². The summed E-state index contributed by atoms with van der Waals surface area (Å²) in [5.41, 5.74) is -0.668. The summed E-state index contributed by atoms with van der Waals surface area (Å²) < 4.78 is 0. The smallest absolute Gasteiger partial charge is 0.211 e. The fourth-order valence-corrected chi connectivity index (χ4v) is 0.448. The Balaban J connectivity index is 4.52. The highest BCUT2D eigenvalue weighted by atomic mass is 16.1. The average molecular weight is 154 g/mol. The Hall–Kier alpha value is -1.24. The van der Waals surface area contributed by atoms with Gasteiger partial charge in [-0.05, 0) is 20.8 Å². The van der Waals surface area contributed by atoms with Gasteiger partial charge in [0.15, 0.2) is 0 Å². The van der Waals surface area contributed by atoms with Gasteiger partial charge in [0, 0.05) is 0 Å². The Morgan fingerprint density at radius 2 is 1.82 bits per heavy atom. The number of hydrogen-bond acceptors (Lipinski definition) is 4. The van der Waals surface area contributed by atoms with E-state index in [1.807, 2.05) is 0 Å². The molecule has 0 aromatic rings. The zero-order chi connectivity index (χ0) is 8.91. The molecule has 0 spiro atoms. The van der Waals surface area contributed by atoms with Crippen molar-refractivity contribution in [2.75, 3.05) is 0 Å². The van der Waals surface area contributed by atoms with Crippen molar-refractivity contribution in [1.29, 1.82) is 0 Å². The van der Waals surface area contributed by atoms with Gasteiger partial charge >= 0.3 is 0 Å². The van der Waals surface area contributed by atoms with Crippen LogP contribution in [0.5, 0.6) is 0 Å². The molecular weight excluding hydrogens is 144 g/mol. The molecule has 0 aliphatic rings. The van der Waals surface area contributed by atoms with E-state index >= 15 is 0 Å². The number of hydrogen-bond donors (Lipinski definition) is 0. The molecule has 0 saturated carbocycles. The van der Waals surface area contributed by atoms with Gasteiger partial charge in [-0.2, -0.15) is 4.99 Å². The van der Waals surface area contributed by atoms with Crippen LogP contribution < -0.4 is 0 Å². The summed E-state index contributed by atoms with van der Waals surface area (Å²) in [6.45, 7) is 5.08. The molecule has 0 bridgehead atoms. The highest BCUT2D eigenvalue weighted by molar-refractivity contribution is 5.37. The van der Waals surface area contributed by atoms with Crippen LogP contribution in [0.3, 0.4) is 0 Å². The number of nitrogens with zero attached hydrogens (tertiary/aromatic N) is 2. The molecule has 0 aliphatic carbocycles. The third kappa shape index (κ3) is 2.89. The number of isocyanates is 2. The Bertz CT molecular complexity index is 223. The average Bonchev–Trinajstić information content (AvgIpc) is 1.88. The number of aliphatic imine (C=N–C) groups is 2. The van der Waals surface area contributed by atoms with E-state index in [4.69, 9.17) is 0 Å². The van der Waals surface area contributed by atoms with Gasteiger partial charge in [-0.1, -0.05) is 0 Å². The minimum Gasteiger partial charge on any atom is -0.211 e. The van der Waals surface area contributed by atoms with Crippen LogP contribution in [-0.2, 0) is 9.59 Å². The molecule has 0 rings (SSSR count). The third-order valence-corrected chi connectivity index (χ3v) is 1.60. The van der Waals surface area contributed by atoms with Crippen LogP contribution in [0.25, 0.3) is 0 Å². The van der Waals surface area contributed by atoms with Crippen LogP contribution in [0.4, 0.5) is 0 Å². The topological polar surface area (TPSA) is 58.9 Å². The van der Waals surface area contributed by atoms with Crippen molar-refractivity contribution < 1.29 is 9.59 Å². The lowest BCUT2D eigenvalue weighted by atomic mass is 9.98. The van der Waals surface area contributed by atoms with E-state index in [-0.39, 0.29) is 6.04 Å². The summed E-state index contributed by atoms with van der Waals surface area (Å²) >= 11 is 0. The molecule has 0 amide bonds. The molecule has 4 nitrogen and oxygen atoms in total. The lowest BCUT2D eigenvalue weighted by Crippen LogP contribution is -2.29. The first kappa shape index (κ1) is 9.76. The Kier molecular flexibility index (Phi) is 3.38. The normalized spacial score (nSPS) is 12.6. The van der Waals surface area contributed by atoms with Crippen molar-refractivity contribution in [3.05, 3.63) is 0 Å². The van der Waals surface area contributed by atoms with Gasteiger partial charge in [0.2, 0.25) is 12.2 Å². The van der Waals surface area contributed by atoms with Crippen LogP contribution in [-0.4, -0.2) is 23.7 Å². The first-order valence-corrected chi connectivity index (χ1v) is 3.20. The van der Waals surface area contributed by atoms with E-state index in [1.54, 1.807) is 20.8 Å². The molecule has 0 aromatic carbocycles. The number of carbonyl (C=O) groups excluding carboxylic acids is 2. The van der Waals surface area contributed by atoms with Gasteiger partial charge in [0.1, 0.15) is 0 Å². The second-order valence-electron chi connectivity index (χ2n) is 2.75. The highest BCUT2D eigenvalue weighted by Gasteiger charge is 2.24. The summed E-state index contributed by atoms with van der Waals surface area (Å²) in [4.78, 5) is 26.7. The predicted octanol–water partition coefficient (Wildman–Crippen LogP) is 0.825. The Labute approximate surface area is 65.0 Å². The fourth-order valence-electron chi connectivity index (χ4n) is 0.448. The molecule has 0 fully saturated rings. The summed E-state index contributed by atoms with van der Waals surface area (Å²) in [6.07, 6.45) is 2.85. The second-order valence-corrected chi connectivity index (χ2v) is 2.75. The molecule has 60 valence electrons. The van der Waals surface area contributed by atoms with Crippen molar-refractivity contribution >= 4 is 12.2 Å². The molecule has 0 aliphatic heterocycles. The second kappa shape index (κ2) is 3.81.